The first kappa shape index (κ1) is 25.9. The molecular weight excluding hydrogens is 568 g/mol. The predicted octanol–water partition coefficient (Wildman–Crippen LogP) is 11.9. The maximum atomic E-state index is 6.91. The fraction of sp³-hybridized carbons (Fsp3) is 0. The van der Waals surface area contributed by atoms with Gasteiger partial charge in [0.2, 0.25) is 0 Å². The second-order valence-corrected chi connectivity index (χ2v) is 12.0. The molecule has 9 aromatic rings. The van der Waals surface area contributed by atoms with E-state index in [9.17, 15) is 0 Å². The van der Waals surface area contributed by atoms with Crippen LogP contribution in [0.1, 0.15) is 0 Å². The Kier molecular flexibility index (Phi) is 5.90. The maximum absolute atomic E-state index is 6.91. The fourth-order valence-corrected chi connectivity index (χ4v) is 7.27. The van der Waals surface area contributed by atoms with Crippen LogP contribution in [0.4, 0.5) is 0 Å². The van der Waals surface area contributed by atoms with Crippen molar-refractivity contribution in [3.63, 3.8) is 0 Å². The Balaban J connectivity index is 1.25. The molecule has 0 unspecified atom stereocenters. The molecule has 9 rings (SSSR count). The van der Waals surface area contributed by atoms with E-state index in [4.69, 9.17) is 11.6 Å². The zero-order valence-electron chi connectivity index (χ0n) is 24.4. The van der Waals surface area contributed by atoms with Gasteiger partial charge in [-0.15, -0.1) is 0 Å². The van der Waals surface area contributed by atoms with E-state index in [0.29, 0.717) is 0 Å². The first-order valence-corrected chi connectivity index (χ1v) is 15.6. The van der Waals surface area contributed by atoms with Crippen LogP contribution in [0.2, 0.25) is 5.02 Å². The number of hydrogen-bond acceptors (Lipinski definition) is 0. The van der Waals surface area contributed by atoms with E-state index in [1.165, 1.54) is 49.2 Å². The average molecular weight is 595 g/mol. The highest BCUT2D eigenvalue weighted by Gasteiger charge is 2.17. The van der Waals surface area contributed by atoms with Crippen molar-refractivity contribution in [3.8, 4) is 33.6 Å². The summed E-state index contributed by atoms with van der Waals surface area (Å²) in [5.41, 5.74) is 11.6. The van der Waals surface area contributed by atoms with Crippen LogP contribution in [0.3, 0.4) is 0 Å². The Hall–Kier alpha value is -5.57. The smallest absolute Gasteiger partial charge is 0.0547 e. The molecule has 7 aromatic carbocycles. The molecule has 2 aromatic heterocycles. The maximum Gasteiger partial charge on any atom is 0.0547 e. The number of fused-ring (bicyclic) bond motifs is 6. The van der Waals surface area contributed by atoms with Gasteiger partial charge in [0.05, 0.1) is 22.1 Å². The molecule has 0 N–H and O–H groups in total. The molecule has 0 saturated heterocycles. The van der Waals surface area contributed by atoms with Crippen LogP contribution in [-0.2, 0) is 0 Å². The molecule has 0 radical (unpaired) electrons. The molecule has 0 saturated carbocycles. The number of para-hydroxylation sites is 4. The first-order chi connectivity index (χ1) is 22.2. The largest absolute Gasteiger partial charge is 0.309 e. The van der Waals surface area contributed by atoms with Crippen molar-refractivity contribution in [3.05, 3.63) is 169 Å². The van der Waals surface area contributed by atoms with Crippen molar-refractivity contribution >= 4 is 55.2 Å². The number of nitrogens with zero attached hydrogens (tertiary/aromatic N) is 2. The quantitative estimate of drug-likeness (QED) is 0.192. The summed E-state index contributed by atoms with van der Waals surface area (Å²) in [6.45, 7) is 0. The fourth-order valence-electron chi connectivity index (χ4n) is 7.03. The normalized spacial score (nSPS) is 11.7. The molecule has 3 heteroatoms. The highest BCUT2D eigenvalue weighted by atomic mass is 35.5. The van der Waals surface area contributed by atoms with E-state index in [2.05, 4.69) is 173 Å². The molecule has 0 aliphatic carbocycles. The molecule has 0 aliphatic heterocycles. The molecule has 212 valence electrons. The van der Waals surface area contributed by atoms with Gasteiger partial charge < -0.3 is 9.13 Å². The van der Waals surface area contributed by atoms with Crippen molar-refractivity contribution in [2.24, 2.45) is 0 Å². The molecule has 0 aliphatic rings. The molecule has 45 heavy (non-hydrogen) atoms. The van der Waals surface area contributed by atoms with Crippen LogP contribution in [0.25, 0.3) is 77.2 Å². The summed E-state index contributed by atoms with van der Waals surface area (Å²) in [5, 5.41) is 5.63. The van der Waals surface area contributed by atoms with Crippen LogP contribution in [0, 0.1) is 0 Å². The van der Waals surface area contributed by atoms with Gasteiger partial charge in [0, 0.05) is 37.9 Å². The van der Waals surface area contributed by atoms with Crippen LogP contribution in [-0.4, -0.2) is 9.13 Å². The van der Waals surface area contributed by atoms with E-state index >= 15 is 0 Å². The van der Waals surface area contributed by atoms with Crippen molar-refractivity contribution in [2.75, 3.05) is 0 Å². The highest BCUT2D eigenvalue weighted by Crippen LogP contribution is 2.41. The zero-order chi connectivity index (χ0) is 29.9. The van der Waals surface area contributed by atoms with Gasteiger partial charge in [-0.2, -0.15) is 0 Å². The molecule has 0 atom stereocenters. The molecule has 0 amide bonds. The standard InChI is InChI=1S/C42H27ClN2/c43-31-25-29(28-22-23-40-37(27-28)35-16-7-9-19-38(35)44(40)32-12-3-1-4-13-32)24-30(26-31)34-18-11-21-41-42(34)36-17-8-10-20-39(36)45(41)33-14-5-2-6-15-33/h1-27H. The lowest BCUT2D eigenvalue weighted by molar-refractivity contribution is 1.18. The van der Waals surface area contributed by atoms with Gasteiger partial charge >= 0.3 is 0 Å². The van der Waals surface area contributed by atoms with Gasteiger partial charge in [0.1, 0.15) is 0 Å². The van der Waals surface area contributed by atoms with Crippen molar-refractivity contribution in [1.82, 2.24) is 9.13 Å². The summed E-state index contributed by atoms with van der Waals surface area (Å²) in [4.78, 5) is 0. The average Bonchev–Trinajstić information content (AvgIpc) is 3.61. The summed E-state index contributed by atoms with van der Waals surface area (Å²) < 4.78 is 4.71. The molecule has 2 heterocycles. The summed E-state index contributed by atoms with van der Waals surface area (Å²) >= 11 is 6.91. The van der Waals surface area contributed by atoms with E-state index < -0.39 is 0 Å². The monoisotopic (exact) mass is 594 g/mol. The lowest BCUT2D eigenvalue weighted by Crippen LogP contribution is -1.93. The van der Waals surface area contributed by atoms with Gasteiger partial charge in [0.15, 0.2) is 0 Å². The van der Waals surface area contributed by atoms with Gasteiger partial charge in [-0.25, -0.2) is 0 Å². The van der Waals surface area contributed by atoms with Crippen molar-refractivity contribution in [1.29, 1.82) is 0 Å². The van der Waals surface area contributed by atoms with Crippen LogP contribution in [0.5, 0.6) is 0 Å². The van der Waals surface area contributed by atoms with E-state index in [0.717, 1.165) is 33.1 Å². The summed E-state index contributed by atoms with van der Waals surface area (Å²) in [5.74, 6) is 0. The Bertz CT molecular complexity index is 2540. The van der Waals surface area contributed by atoms with Gasteiger partial charge in [-0.1, -0.05) is 103 Å². The predicted molar refractivity (Wildman–Crippen MR) is 191 cm³/mol. The Labute approximate surface area is 266 Å². The topological polar surface area (TPSA) is 9.86 Å². The number of hydrogen-bond donors (Lipinski definition) is 0. The number of rotatable bonds is 4. The molecule has 0 bridgehead atoms. The number of benzene rings is 7. The third-order valence-corrected chi connectivity index (χ3v) is 9.16. The Morgan fingerprint density at radius 2 is 0.911 bits per heavy atom. The molecular formula is C42H27ClN2. The zero-order valence-corrected chi connectivity index (χ0v) is 25.1. The Morgan fingerprint density at radius 1 is 0.356 bits per heavy atom. The minimum Gasteiger partial charge on any atom is -0.309 e. The summed E-state index contributed by atoms with van der Waals surface area (Å²) in [7, 11) is 0. The highest BCUT2D eigenvalue weighted by molar-refractivity contribution is 6.31. The van der Waals surface area contributed by atoms with Gasteiger partial charge in [-0.05, 0) is 95.1 Å². The molecule has 2 nitrogen and oxygen atoms in total. The number of halogens is 1. The summed E-state index contributed by atoms with van der Waals surface area (Å²) in [6, 6.07) is 58.3. The summed E-state index contributed by atoms with van der Waals surface area (Å²) in [6.07, 6.45) is 0. The van der Waals surface area contributed by atoms with Gasteiger partial charge in [0.25, 0.3) is 0 Å². The molecule has 0 spiro atoms. The number of aromatic nitrogens is 2. The van der Waals surface area contributed by atoms with E-state index in [1.54, 1.807) is 0 Å². The second-order valence-electron chi connectivity index (χ2n) is 11.5. The van der Waals surface area contributed by atoms with Gasteiger partial charge in [-0.3, -0.25) is 0 Å². The minimum absolute atomic E-state index is 0.720. The Morgan fingerprint density at radius 3 is 1.64 bits per heavy atom. The third-order valence-electron chi connectivity index (χ3n) is 8.94. The lowest BCUT2D eigenvalue weighted by atomic mass is 9.95. The van der Waals surface area contributed by atoms with Crippen LogP contribution in [0.15, 0.2) is 164 Å². The molecule has 0 fully saturated rings. The van der Waals surface area contributed by atoms with Crippen molar-refractivity contribution in [2.45, 2.75) is 0 Å². The first-order valence-electron chi connectivity index (χ1n) is 15.2. The van der Waals surface area contributed by atoms with Crippen LogP contribution >= 0.6 is 11.6 Å². The minimum atomic E-state index is 0.720. The van der Waals surface area contributed by atoms with E-state index in [1.807, 2.05) is 0 Å². The second kappa shape index (κ2) is 10.3. The lowest BCUT2D eigenvalue weighted by Gasteiger charge is -2.11. The SMILES string of the molecule is Clc1cc(-c2ccc3c(c2)c2ccccc2n3-c2ccccc2)cc(-c2cccc3c2c2ccccc2n3-c2ccccc2)c1. The van der Waals surface area contributed by atoms with Crippen LogP contribution < -0.4 is 0 Å². The van der Waals surface area contributed by atoms with Crippen molar-refractivity contribution < 1.29 is 0 Å². The van der Waals surface area contributed by atoms with E-state index in [-0.39, 0.29) is 0 Å². The third kappa shape index (κ3) is 4.11.